The number of nitrogens with zero attached hydrogens (tertiary/aromatic N) is 3. The van der Waals surface area contributed by atoms with E-state index >= 15 is 0 Å². The number of rotatable bonds is 7. The van der Waals surface area contributed by atoms with E-state index in [2.05, 4.69) is 33.6 Å². The summed E-state index contributed by atoms with van der Waals surface area (Å²) in [6.45, 7) is 4.74. The van der Waals surface area contributed by atoms with Crippen molar-refractivity contribution < 1.29 is 4.79 Å². The highest BCUT2D eigenvalue weighted by Gasteiger charge is 2.12. The fourth-order valence-corrected chi connectivity index (χ4v) is 2.22. The van der Waals surface area contributed by atoms with Crippen LogP contribution in [-0.2, 0) is 0 Å². The highest BCUT2D eigenvalue weighted by atomic mass is 16.1. The lowest BCUT2D eigenvalue weighted by atomic mass is 10.2. The third-order valence-corrected chi connectivity index (χ3v) is 3.45. The molecule has 0 spiro atoms. The SMILES string of the molecule is CCCCCNc1nc(C)cc(C(=O)Nc2ccccc2C#N)n1. The van der Waals surface area contributed by atoms with Crippen LogP contribution >= 0.6 is 0 Å². The minimum absolute atomic E-state index is 0.272. The van der Waals surface area contributed by atoms with Crippen molar-refractivity contribution in [1.82, 2.24) is 9.97 Å². The Morgan fingerprint density at radius 3 is 2.79 bits per heavy atom. The normalized spacial score (nSPS) is 10.0. The molecule has 1 aromatic carbocycles. The van der Waals surface area contributed by atoms with Crippen molar-refractivity contribution in [2.24, 2.45) is 0 Å². The number of nitrogens with one attached hydrogen (secondary N) is 2. The zero-order valence-corrected chi connectivity index (χ0v) is 14.0. The molecule has 24 heavy (non-hydrogen) atoms. The first-order valence-electron chi connectivity index (χ1n) is 8.04. The first kappa shape index (κ1) is 17.4. The molecular formula is C18H21N5O. The van der Waals surface area contributed by atoms with Crippen LogP contribution in [0.25, 0.3) is 0 Å². The van der Waals surface area contributed by atoms with E-state index < -0.39 is 0 Å². The number of unbranched alkanes of at least 4 members (excludes halogenated alkanes) is 2. The fraction of sp³-hybridized carbons (Fsp3) is 0.333. The predicted octanol–water partition coefficient (Wildman–Crippen LogP) is 3.51. The van der Waals surface area contributed by atoms with E-state index in [1.807, 2.05) is 6.92 Å². The van der Waals surface area contributed by atoms with E-state index in [0.717, 1.165) is 25.8 Å². The van der Waals surface area contributed by atoms with Gasteiger partial charge in [0.1, 0.15) is 11.8 Å². The number of nitriles is 1. The predicted molar refractivity (Wildman–Crippen MR) is 93.9 cm³/mol. The van der Waals surface area contributed by atoms with Gasteiger partial charge in [0.2, 0.25) is 5.95 Å². The van der Waals surface area contributed by atoms with Gasteiger partial charge >= 0.3 is 0 Å². The van der Waals surface area contributed by atoms with Gasteiger partial charge in [0.15, 0.2) is 0 Å². The molecule has 1 amide bonds. The molecule has 1 aromatic heterocycles. The van der Waals surface area contributed by atoms with E-state index in [1.54, 1.807) is 30.3 Å². The highest BCUT2D eigenvalue weighted by Crippen LogP contribution is 2.15. The van der Waals surface area contributed by atoms with E-state index in [0.29, 0.717) is 22.9 Å². The van der Waals surface area contributed by atoms with Crippen LogP contribution in [0.5, 0.6) is 0 Å². The quantitative estimate of drug-likeness (QED) is 0.761. The Hall–Kier alpha value is -2.94. The molecule has 2 rings (SSSR count). The zero-order valence-electron chi connectivity index (χ0n) is 14.0. The highest BCUT2D eigenvalue weighted by molar-refractivity contribution is 6.03. The van der Waals surface area contributed by atoms with E-state index in [4.69, 9.17) is 5.26 Å². The first-order chi connectivity index (χ1) is 11.6. The molecule has 124 valence electrons. The summed E-state index contributed by atoms with van der Waals surface area (Å²) in [5.74, 6) is 0.0876. The van der Waals surface area contributed by atoms with Gasteiger partial charge in [0, 0.05) is 12.2 Å². The second-order valence-corrected chi connectivity index (χ2v) is 5.46. The van der Waals surface area contributed by atoms with Crippen molar-refractivity contribution in [3.63, 3.8) is 0 Å². The van der Waals surface area contributed by atoms with Crippen molar-refractivity contribution in [1.29, 1.82) is 5.26 Å². The van der Waals surface area contributed by atoms with Gasteiger partial charge in [-0.1, -0.05) is 31.9 Å². The summed E-state index contributed by atoms with van der Waals surface area (Å²) in [4.78, 5) is 21.0. The summed E-state index contributed by atoms with van der Waals surface area (Å²) in [6, 6.07) is 10.5. The first-order valence-corrected chi connectivity index (χ1v) is 8.04. The standard InChI is InChI=1S/C18H21N5O/c1-3-4-7-10-20-18-21-13(2)11-16(23-18)17(24)22-15-9-6-5-8-14(15)12-19/h5-6,8-9,11H,3-4,7,10H2,1-2H3,(H,22,24)(H,20,21,23). The van der Waals surface area contributed by atoms with Gasteiger partial charge in [-0.2, -0.15) is 5.26 Å². The van der Waals surface area contributed by atoms with Crippen molar-refractivity contribution in [2.45, 2.75) is 33.1 Å². The van der Waals surface area contributed by atoms with Crippen molar-refractivity contribution in [2.75, 3.05) is 17.2 Å². The molecule has 2 aromatic rings. The molecule has 0 bridgehead atoms. The van der Waals surface area contributed by atoms with E-state index in [1.165, 1.54) is 0 Å². The Labute approximate surface area is 142 Å². The average molecular weight is 323 g/mol. The van der Waals surface area contributed by atoms with Crippen LogP contribution in [0.4, 0.5) is 11.6 Å². The molecule has 0 aliphatic carbocycles. The number of benzene rings is 1. The van der Waals surface area contributed by atoms with E-state index in [-0.39, 0.29) is 11.6 Å². The molecule has 0 unspecified atom stereocenters. The van der Waals surface area contributed by atoms with Crippen molar-refractivity contribution in [3.8, 4) is 6.07 Å². The van der Waals surface area contributed by atoms with Crippen LogP contribution in [0.3, 0.4) is 0 Å². The van der Waals surface area contributed by atoms with Gasteiger partial charge < -0.3 is 10.6 Å². The summed E-state index contributed by atoms with van der Waals surface area (Å²) in [7, 11) is 0. The molecular weight excluding hydrogens is 302 g/mol. The number of carbonyl (C=O) groups is 1. The van der Waals surface area contributed by atoms with Crippen LogP contribution in [0.2, 0.25) is 0 Å². The minimum atomic E-state index is -0.361. The van der Waals surface area contributed by atoms with Crippen molar-refractivity contribution in [3.05, 3.63) is 47.3 Å². The minimum Gasteiger partial charge on any atom is -0.354 e. The van der Waals surface area contributed by atoms with Gasteiger partial charge in [-0.3, -0.25) is 4.79 Å². The number of para-hydroxylation sites is 1. The lowest BCUT2D eigenvalue weighted by Crippen LogP contribution is -2.17. The molecule has 0 radical (unpaired) electrons. The average Bonchev–Trinajstić information content (AvgIpc) is 2.58. The molecule has 0 aliphatic rings. The second kappa shape index (κ2) is 8.63. The summed E-state index contributed by atoms with van der Waals surface area (Å²) in [5, 5.41) is 15.0. The van der Waals surface area contributed by atoms with Gasteiger partial charge in [-0.05, 0) is 31.5 Å². The number of hydrogen-bond acceptors (Lipinski definition) is 5. The molecule has 0 saturated heterocycles. The molecule has 0 saturated carbocycles. The summed E-state index contributed by atoms with van der Waals surface area (Å²) < 4.78 is 0. The van der Waals surface area contributed by atoms with Gasteiger partial charge in [0.25, 0.3) is 5.91 Å². The Morgan fingerprint density at radius 1 is 1.25 bits per heavy atom. The molecule has 0 fully saturated rings. The number of aryl methyl sites for hydroxylation is 1. The summed E-state index contributed by atoms with van der Waals surface area (Å²) >= 11 is 0. The second-order valence-electron chi connectivity index (χ2n) is 5.46. The maximum atomic E-state index is 12.4. The molecule has 2 N–H and O–H groups in total. The number of amides is 1. The number of anilines is 2. The Balaban J connectivity index is 2.11. The van der Waals surface area contributed by atoms with Crippen LogP contribution in [-0.4, -0.2) is 22.4 Å². The molecule has 1 heterocycles. The number of hydrogen-bond donors (Lipinski definition) is 2. The smallest absolute Gasteiger partial charge is 0.274 e. The van der Waals surface area contributed by atoms with Gasteiger partial charge in [-0.15, -0.1) is 0 Å². The van der Waals surface area contributed by atoms with E-state index in [9.17, 15) is 4.79 Å². The van der Waals surface area contributed by atoms with Crippen LogP contribution in [0, 0.1) is 18.3 Å². The third-order valence-electron chi connectivity index (χ3n) is 3.45. The maximum Gasteiger partial charge on any atom is 0.274 e. The maximum absolute atomic E-state index is 12.4. The Bertz CT molecular complexity index is 751. The van der Waals surface area contributed by atoms with Crippen LogP contribution in [0.15, 0.2) is 30.3 Å². The van der Waals surface area contributed by atoms with Gasteiger partial charge in [0.05, 0.1) is 11.3 Å². The molecule has 6 nitrogen and oxygen atoms in total. The summed E-state index contributed by atoms with van der Waals surface area (Å²) in [5.41, 5.74) is 1.86. The van der Waals surface area contributed by atoms with Gasteiger partial charge in [-0.25, -0.2) is 9.97 Å². The number of aromatic nitrogens is 2. The van der Waals surface area contributed by atoms with Crippen LogP contribution in [0.1, 0.15) is 47.9 Å². The molecule has 6 heteroatoms. The molecule has 0 atom stereocenters. The Morgan fingerprint density at radius 2 is 2.04 bits per heavy atom. The topological polar surface area (TPSA) is 90.7 Å². The zero-order chi connectivity index (χ0) is 17.4. The number of carbonyl (C=O) groups excluding carboxylic acids is 1. The fourth-order valence-electron chi connectivity index (χ4n) is 2.22. The molecule has 0 aliphatic heterocycles. The lowest BCUT2D eigenvalue weighted by Gasteiger charge is -2.09. The lowest BCUT2D eigenvalue weighted by molar-refractivity contribution is 0.102. The largest absolute Gasteiger partial charge is 0.354 e. The third kappa shape index (κ3) is 4.78. The Kier molecular flexibility index (Phi) is 6.26. The van der Waals surface area contributed by atoms with Crippen molar-refractivity contribution >= 4 is 17.5 Å². The monoisotopic (exact) mass is 323 g/mol. The van der Waals surface area contributed by atoms with Crippen LogP contribution < -0.4 is 10.6 Å². The summed E-state index contributed by atoms with van der Waals surface area (Å²) in [6.07, 6.45) is 3.31.